The number of ether oxygens (including phenoxy) is 2. The van der Waals surface area contributed by atoms with Crippen molar-refractivity contribution in [3.05, 3.63) is 36.2 Å². The van der Waals surface area contributed by atoms with Gasteiger partial charge in [0.1, 0.15) is 21.9 Å². The van der Waals surface area contributed by atoms with Gasteiger partial charge in [-0.2, -0.15) is 4.31 Å². The van der Waals surface area contributed by atoms with Crippen LogP contribution >= 0.6 is 0 Å². The van der Waals surface area contributed by atoms with Crippen molar-refractivity contribution in [3.63, 3.8) is 0 Å². The molecule has 1 aromatic carbocycles. The molecule has 0 atom stereocenters. The highest BCUT2D eigenvalue weighted by molar-refractivity contribution is 7.89. The number of aryl methyl sites for hydroxylation is 1. The van der Waals surface area contributed by atoms with Crippen LogP contribution in [0.2, 0.25) is 0 Å². The molecule has 180 valence electrons. The van der Waals surface area contributed by atoms with Gasteiger partial charge < -0.3 is 19.4 Å². The first kappa shape index (κ1) is 24.6. The van der Waals surface area contributed by atoms with Crippen molar-refractivity contribution in [1.82, 2.24) is 8.87 Å². The summed E-state index contributed by atoms with van der Waals surface area (Å²) >= 11 is 0. The number of nitrogens with one attached hydrogen (secondary N) is 2. The first-order valence-corrected chi connectivity index (χ1v) is 12.0. The third-order valence-electron chi connectivity index (χ3n) is 5.01. The normalized spacial score (nSPS) is 14.7. The number of hydrogen-bond acceptors (Lipinski definition) is 6. The number of rotatable bonds is 6. The molecule has 0 radical (unpaired) electrons. The number of amides is 2. The summed E-state index contributed by atoms with van der Waals surface area (Å²) in [5.74, 6) is -0.106. The molecule has 2 N–H and O–H groups in total. The second kappa shape index (κ2) is 9.44. The Hall–Kier alpha value is -3.05. The van der Waals surface area contributed by atoms with Gasteiger partial charge in [-0.15, -0.1) is 0 Å². The van der Waals surface area contributed by atoms with E-state index in [4.69, 9.17) is 9.47 Å². The summed E-state index contributed by atoms with van der Waals surface area (Å²) in [7, 11) is -0.565. The molecule has 11 heteroatoms. The summed E-state index contributed by atoms with van der Waals surface area (Å²) in [5, 5.41) is 5.34. The van der Waals surface area contributed by atoms with E-state index >= 15 is 0 Å². The van der Waals surface area contributed by atoms with E-state index in [0.717, 1.165) is 12.8 Å². The summed E-state index contributed by atoms with van der Waals surface area (Å²) in [6, 6.07) is 6.11. The van der Waals surface area contributed by atoms with Crippen LogP contribution in [0.3, 0.4) is 0 Å². The van der Waals surface area contributed by atoms with Crippen LogP contribution in [0.5, 0.6) is 5.75 Å². The maximum atomic E-state index is 12.9. The number of benzene rings is 1. The van der Waals surface area contributed by atoms with Crippen molar-refractivity contribution in [2.24, 2.45) is 7.05 Å². The van der Waals surface area contributed by atoms with Crippen LogP contribution in [-0.4, -0.2) is 55.1 Å². The van der Waals surface area contributed by atoms with Crippen LogP contribution in [0.25, 0.3) is 0 Å². The summed E-state index contributed by atoms with van der Waals surface area (Å²) in [4.78, 5) is 25.1. The van der Waals surface area contributed by atoms with Crippen LogP contribution < -0.4 is 15.4 Å². The van der Waals surface area contributed by atoms with Gasteiger partial charge in [-0.3, -0.25) is 10.1 Å². The number of carbonyl (C=O) groups is 2. The Bertz CT molecular complexity index is 1140. The Morgan fingerprint density at radius 1 is 1.06 bits per heavy atom. The molecule has 0 bridgehead atoms. The van der Waals surface area contributed by atoms with Gasteiger partial charge in [-0.25, -0.2) is 13.2 Å². The van der Waals surface area contributed by atoms with Crippen LogP contribution in [0, 0.1) is 0 Å². The summed E-state index contributed by atoms with van der Waals surface area (Å²) in [6.07, 6.45) is 2.43. The lowest BCUT2D eigenvalue weighted by Gasteiger charge is -2.20. The van der Waals surface area contributed by atoms with Gasteiger partial charge in [0, 0.05) is 32.0 Å². The minimum atomic E-state index is -3.64. The lowest BCUT2D eigenvalue weighted by atomic mass is 10.2. The van der Waals surface area contributed by atoms with Gasteiger partial charge >= 0.3 is 6.09 Å². The quantitative estimate of drug-likeness (QED) is 0.657. The largest absolute Gasteiger partial charge is 0.495 e. The van der Waals surface area contributed by atoms with Gasteiger partial charge in [-0.1, -0.05) is 0 Å². The molecule has 2 heterocycles. The number of anilines is 2. The molecule has 0 aliphatic carbocycles. The highest BCUT2D eigenvalue weighted by Crippen LogP contribution is 2.29. The number of hydrogen-bond donors (Lipinski definition) is 2. The predicted molar refractivity (Wildman–Crippen MR) is 124 cm³/mol. The first-order valence-electron chi connectivity index (χ1n) is 10.6. The number of methoxy groups -OCH3 is 1. The SMILES string of the molecule is COc1ccc(NC(=O)c2cc(S(=O)(=O)N3CCCC3)cn2C)cc1NC(=O)OC(C)(C)C. The lowest BCUT2D eigenvalue weighted by molar-refractivity contribution is 0.0635. The molecule has 0 spiro atoms. The Labute approximate surface area is 193 Å². The van der Waals surface area contributed by atoms with Crippen molar-refractivity contribution in [3.8, 4) is 5.75 Å². The Balaban J connectivity index is 1.79. The third-order valence-corrected chi connectivity index (χ3v) is 6.87. The molecule has 0 saturated carbocycles. The molecule has 0 unspecified atom stereocenters. The number of sulfonamides is 1. The molecule has 1 saturated heterocycles. The van der Waals surface area contributed by atoms with Crippen molar-refractivity contribution in [1.29, 1.82) is 0 Å². The summed E-state index contributed by atoms with van der Waals surface area (Å²) in [6.45, 7) is 6.21. The second-order valence-corrected chi connectivity index (χ2v) is 10.7. The van der Waals surface area contributed by atoms with Gasteiger partial charge in [0.2, 0.25) is 10.0 Å². The van der Waals surface area contributed by atoms with Crippen LogP contribution in [-0.2, 0) is 21.8 Å². The highest BCUT2D eigenvalue weighted by Gasteiger charge is 2.29. The summed E-state index contributed by atoms with van der Waals surface area (Å²) < 4.78 is 39.1. The molecular weight excluding hydrogens is 448 g/mol. The molecule has 2 aromatic rings. The maximum Gasteiger partial charge on any atom is 0.412 e. The minimum absolute atomic E-state index is 0.0825. The maximum absolute atomic E-state index is 12.9. The van der Waals surface area contributed by atoms with E-state index in [1.165, 1.54) is 34.3 Å². The van der Waals surface area contributed by atoms with E-state index in [1.54, 1.807) is 40.0 Å². The average molecular weight is 479 g/mol. The molecule has 3 rings (SSSR count). The predicted octanol–water partition coefficient (Wildman–Crippen LogP) is 3.42. The third kappa shape index (κ3) is 5.85. The van der Waals surface area contributed by atoms with Crippen molar-refractivity contribution in [2.45, 2.75) is 44.1 Å². The van der Waals surface area contributed by atoms with Crippen molar-refractivity contribution >= 4 is 33.4 Å². The van der Waals surface area contributed by atoms with E-state index in [2.05, 4.69) is 10.6 Å². The Morgan fingerprint density at radius 2 is 1.73 bits per heavy atom. The van der Waals surface area contributed by atoms with Gasteiger partial charge in [0.05, 0.1) is 12.8 Å². The van der Waals surface area contributed by atoms with Gasteiger partial charge in [0.15, 0.2) is 0 Å². The van der Waals surface area contributed by atoms with Crippen molar-refractivity contribution in [2.75, 3.05) is 30.8 Å². The zero-order valence-electron chi connectivity index (χ0n) is 19.5. The monoisotopic (exact) mass is 478 g/mol. The molecular formula is C22H30N4O6S. The minimum Gasteiger partial charge on any atom is -0.495 e. The molecule has 1 fully saturated rings. The van der Waals surface area contributed by atoms with Gasteiger partial charge in [-0.05, 0) is 57.9 Å². The van der Waals surface area contributed by atoms with E-state index < -0.39 is 27.6 Å². The van der Waals surface area contributed by atoms with Gasteiger partial charge in [0.25, 0.3) is 5.91 Å². The first-order chi connectivity index (χ1) is 15.4. The molecule has 2 amide bonds. The number of carbonyl (C=O) groups excluding carboxylic acids is 2. The number of aromatic nitrogens is 1. The van der Waals surface area contributed by atoms with E-state index in [0.29, 0.717) is 30.2 Å². The van der Waals surface area contributed by atoms with E-state index in [9.17, 15) is 18.0 Å². The fraction of sp³-hybridized carbons (Fsp3) is 0.455. The van der Waals surface area contributed by atoms with Crippen LogP contribution in [0.1, 0.15) is 44.1 Å². The Morgan fingerprint density at radius 3 is 2.33 bits per heavy atom. The average Bonchev–Trinajstić information content (AvgIpc) is 3.37. The fourth-order valence-corrected chi connectivity index (χ4v) is 5.06. The van der Waals surface area contributed by atoms with E-state index in [1.807, 2.05) is 0 Å². The van der Waals surface area contributed by atoms with E-state index in [-0.39, 0.29) is 10.6 Å². The van der Waals surface area contributed by atoms with Crippen molar-refractivity contribution < 1.29 is 27.5 Å². The highest BCUT2D eigenvalue weighted by atomic mass is 32.2. The fourth-order valence-electron chi connectivity index (χ4n) is 3.47. The van der Waals surface area contributed by atoms with Crippen LogP contribution in [0.4, 0.5) is 16.2 Å². The molecule has 1 aliphatic rings. The zero-order valence-corrected chi connectivity index (χ0v) is 20.3. The molecule has 10 nitrogen and oxygen atoms in total. The zero-order chi connectivity index (χ0) is 24.4. The molecule has 1 aliphatic heterocycles. The molecule has 33 heavy (non-hydrogen) atoms. The Kier molecular flexibility index (Phi) is 7.03. The summed E-state index contributed by atoms with van der Waals surface area (Å²) in [5.41, 5.74) is 0.207. The lowest BCUT2D eigenvalue weighted by Crippen LogP contribution is -2.27. The van der Waals surface area contributed by atoms with Crippen LogP contribution in [0.15, 0.2) is 35.4 Å². The topological polar surface area (TPSA) is 119 Å². The number of nitrogens with zero attached hydrogens (tertiary/aromatic N) is 2. The second-order valence-electron chi connectivity index (χ2n) is 8.78. The molecule has 1 aromatic heterocycles. The smallest absolute Gasteiger partial charge is 0.412 e. The standard InChI is InChI=1S/C22H30N4O6S/c1-22(2,3)32-21(28)24-17-12-15(8-9-19(17)31-5)23-20(27)18-13-16(14-25(18)4)33(29,30)26-10-6-7-11-26/h8-9,12-14H,6-7,10-11H2,1-5H3,(H,23,27)(H,24,28).